The monoisotopic (exact) mass is 288 g/mol. The Morgan fingerprint density at radius 1 is 0.682 bits per heavy atom. The van der Waals surface area contributed by atoms with Gasteiger partial charge in [0.05, 0.1) is 0 Å². The van der Waals surface area contributed by atoms with E-state index in [0.29, 0.717) is 30.5 Å². The molecule has 2 unspecified atom stereocenters. The summed E-state index contributed by atoms with van der Waals surface area (Å²) in [6.07, 6.45) is 9.97. The van der Waals surface area contributed by atoms with Crippen LogP contribution >= 0.6 is 0 Å². The summed E-state index contributed by atoms with van der Waals surface area (Å²) < 4.78 is 0. The normalized spacial score (nSPS) is 21.9. The molecule has 1 aliphatic rings. The van der Waals surface area contributed by atoms with E-state index in [1.54, 1.807) is 0 Å². The molecule has 3 rings (SSSR count). The molecule has 0 N–H and O–H groups in total. The van der Waals surface area contributed by atoms with Crippen molar-refractivity contribution in [3.05, 3.63) is 83.9 Å². The Balaban J connectivity index is 1.71. The van der Waals surface area contributed by atoms with E-state index in [1.165, 1.54) is 11.1 Å². The highest BCUT2D eigenvalue weighted by Gasteiger charge is 2.29. The Kier molecular flexibility index (Phi) is 4.65. The lowest BCUT2D eigenvalue weighted by molar-refractivity contribution is -0.117. The Labute approximate surface area is 132 Å². The number of Topliss-reactive ketones (excluding diaryl/α,β-unsaturated/α-hetero) is 1. The van der Waals surface area contributed by atoms with E-state index in [4.69, 9.17) is 0 Å². The fourth-order valence-electron chi connectivity index (χ4n) is 2.93. The average Bonchev–Trinajstić information content (AvgIpc) is 2.93. The first-order chi connectivity index (χ1) is 10.8. The smallest absolute Gasteiger partial charge is 0.134 e. The van der Waals surface area contributed by atoms with Gasteiger partial charge in [-0.1, -0.05) is 85.0 Å². The third kappa shape index (κ3) is 3.82. The number of carbonyl (C=O) groups is 1. The molecular formula is C21H20O. The minimum Gasteiger partial charge on any atom is -0.300 e. The number of allylic oxidation sites excluding steroid dienone is 2. The Morgan fingerprint density at radius 2 is 1.09 bits per heavy atom. The van der Waals surface area contributed by atoms with Crippen LogP contribution in [0.1, 0.15) is 24.0 Å². The highest BCUT2D eigenvalue weighted by atomic mass is 16.1. The number of benzene rings is 2. The number of rotatable bonds is 4. The van der Waals surface area contributed by atoms with E-state index < -0.39 is 0 Å². The zero-order valence-corrected chi connectivity index (χ0v) is 12.6. The van der Waals surface area contributed by atoms with E-state index in [9.17, 15) is 4.79 Å². The molecule has 0 bridgehead atoms. The second kappa shape index (κ2) is 7.04. The van der Waals surface area contributed by atoms with Gasteiger partial charge in [0, 0.05) is 12.8 Å². The number of hydrogen-bond acceptors (Lipinski definition) is 1. The van der Waals surface area contributed by atoms with Crippen molar-refractivity contribution < 1.29 is 4.79 Å². The molecule has 0 spiro atoms. The van der Waals surface area contributed by atoms with Crippen molar-refractivity contribution in [3.63, 3.8) is 0 Å². The number of hydrogen-bond donors (Lipinski definition) is 0. The topological polar surface area (TPSA) is 17.1 Å². The van der Waals surface area contributed by atoms with E-state index in [-0.39, 0.29) is 0 Å². The summed E-state index contributed by atoms with van der Waals surface area (Å²) in [5, 5.41) is 0. The lowest BCUT2D eigenvalue weighted by Gasteiger charge is -2.10. The van der Waals surface area contributed by atoms with Crippen LogP contribution in [-0.4, -0.2) is 5.78 Å². The highest BCUT2D eigenvalue weighted by molar-refractivity contribution is 5.82. The predicted molar refractivity (Wildman–Crippen MR) is 92.2 cm³/mol. The van der Waals surface area contributed by atoms with Crippen molar-refractivity contribution in [2.45, 2.75) is 12.8 Å². The summed E-state index contributed by atoms with van der Waals surface area (Å²) in [4.78, 5) is 11.8. The van der Waals surface area contributed by atoms with Crippen LogP contribution < -0.4 is 0 Å². The molecule has 0 amide bonds. The van der Waals surface area contributed by atoms with E-state index >= 15 is 0 Å². The van der Waals surface area contributed by atoms with Crippen molar-refractivity contribution >= 4 is 17.9 Å². The van der Waals surface area contributed by atoms with Crippen molar-refractivity contribution in [2.24, 2.45) is 11.8 Å². The highest BCUT2D eigenvalue weighted by Crippen LogP contribution is 2.32. The van der Waals surface area contributed by atoms with E-state index in [1.807, 2.05) is 36.4 Å². The molecule has 2 atom stereocenters. The molecule has 0 aliphatic heterocycles. The molecule has 0 aromatic heterocycles. The van der Waals surface area contributed by atoms with Crippen LogP contribution in [0.2, 0.25) is 0 Å². The summed E-state index contributed by atoms with van der Waals surface area (Å²) in [5.41, 5.74) is 2.38. The van der Waals surface area contributed by atoms with Gasteiger partial charge in [0.2, 0.25) is 0 Å². The van der Waals surface area contributed by atoms with Crippen LogP contribution in [0.5, 0.6) is 0 Å². The minimum absolute atomic E-state index is 0.313. The van der Waals surface area contributed by atoms with Gasteiger partial charge in [-0.25, -0.2) is 0 Å². The SMILES string of the molecule is O=C1CC(/C=C/c2ccccc2)C(/C=C/c2ccccc2)C1. The molecule has 110 valence electrons. The average molecular weight is 288 g/mol. The third-order valence-corrected chi connectivity index (χ3v) is 4.15. The summed E-state index contributed by atoms with van der Waals surface area (Å²) in [5.74, 6) is 0.991. The van der Waals surface area contributed by atoms with Gasteiger partial charge in [-0.15, -0.1) is 0 Å². The molecule has 2 aromatic carbocycles. The van der Waals surface area contributed by atoms with Crippen LogP contribution in [0, 0.1) is 11.8 Å². The second-order valence-corrected chi connectivity index (χ2v) is 5.81. The standard InChI is InChI=1S/C21H20O/c22-21-15-19(13-11-17-7-3-1-4-8-17)20(16-21)14-12-18-9-5-2-6-10-18/h1-14,19-20H,15-16H2/b13-11+,14-12+. The fraction of sp³-hybridized carbons (Fsp3) is 0.190. The van der Waals surface area contributed by atoms with Gasteiger partial charge in [-0.3, -0.25) is 4.79 Å². The first-order valence-corrected chi connectivity index (χ1v) is 7.79. The number of ketones is 1. The zero-order valence-electron chi connectivity index (χ0n) is 12.6. The fourth-order valence-corrected chi connectivity index (χ4v) is 2.93. The van der Waals surface area contributed by atoms with Gasteiger partial charge < -0.3 is 0 Å². The maximum absolute atomic E-state index is 11.8. The van der Waals surface area contributed by atoms with Gasteiger partial charge in [-0.2, -0.15) is 0 Å². The van der Waals surface area contributed by atoms with Crippen LogP contribution in [-0.2, 0) is 4.79 Å². The summed E-state index contributed by atoms with van der Waals surface area (Å²) in [7, 11) is 0. The van der Waals surface area contributed by atoms with Gasteiger partial charge >= 0.3 is 0 Å². The maximum atomic E-state index is 11.8. The summed E-state index contributed by atoms with van der Waals surface area (Å²) in [6, 6.07) is 20.5. The van der Waals surface area contributed by atoms with Crippen LogP contribution in [0.3, 0.4) is 0 Å². The number of carbonyl (C=O) groups excluding carboxylic acids is 1. The van der Waals surface area contributed by atoms with Gasteiger partial charge in [0.25, 0.3) is 0 Å². The first-order valence-electron chi connectivity index (χ1n) is 7.79. The molecule has 1 heteroatoms. The summed E-state index contributed by atoms with van der Waals surface area (Å²) >= 11 is 0. The van der Waals surface area contributed by atoms with Crippen LogP contribution in [0.25, 0.3) is 12.2 Å². The molecule has 1 nitrogen and oxygen atoms in total. The molecule has 1 saturated carbocycles. The van der Waals surface area contributed by atoms with Gasteiger partial charge in [0.15, 0.2) is 0 Å². The van der Waals surface area contributed by atoms with E-state index in [0.717, 1.165) is 0 Å². The molecule has 0 saturated heterocycles. The maximum Gasteiger partial charge on any atom is 0.134 e. The van der Waals surface area contributed by atoms with Crippen LogP contribution in [0.4, 0.5) is 0 Å². The predicted octanol–water partition coefficient (Wildman–Crippen LogP) is 5.01. The Bertz CT molecular complexity index is 608. The Morgan fingerprint density at radius 3 is 1.50 bits per heavy atom. The third-order valence-electron chi connectivity index (χ3n) is 4.15. The molecule has 2 aromatic rings. The van der Waals surface area contributed by atoms with Crippen molar-refractivity contribution in [1.29, 1.82) is 0 Å². The molecule has 1 aliphatic carbocycles. The zero-order chi connectivity index (χ0) is 15.2. The quantitative estimate of drug-likeness (QED) is 0.773. The first kappa shape index (κ1) is 14.5. The largest absolute Gasteiger partial charge is 0.300 e. The van der Waals surface area contributed by atoms with E-state index in [2.05, 4.69) is 48.6 Å². The molecule has 0 radical (unpaired) electrons. The van der Waals surface area contributed by atoms with Crippen molar-refractivity contribution in [3.8, 4) is 0 Å². The Hall–Kier alpha value is -2.41. The van der Waals surface area contributed by atoms with Crippen molar-refractivity contribution in [2.75, 3.05) is 0 Å². The van der Waals surface area contributed by atoms with Gasteiger partial charge in [-0.05, 0) is 23.0 Å². The van der Waals surface area contributed by atoms with Gasteiger partial charge in [0.1, 0.15) is 5.78 Å². The summed E-state index contributed by atoms with van der Waals surface area (Å²) in [6.45, 7) is 0. The molecule has 22 heavy (non-hydrogen) atoms. The lowest BCUT2D eigenvalue weighted by Crippen LogP contribution is -2.01. The lowest BCUT2D eigenvalue weighted by atomic mass is 9.94. The molecular weight excluding hydrogens is 268 g/mol. The second-order valence-electron chi connectivity index (χ2n) is 5.81. The minimum atomic E-state index is 0.313. The van der Waals surface area contributed by atoms with Crippen molar-refractivity contribution in [1.82, 2.24) is 0 Å². The van der Waals surface area contributed by atoms with Crippen LogP contribution in [0.15, 0.2) is 72.8 Å². The molecule has 0 heterocycles. The molecule has 1 fully saturated rings.